The number of anilines is 1. The monoisotopic (exact) mass is 349 g/mol. The van der Waals surface area contributed by atoms with Crippen LogP contribution in [0.5, 0.6) is 0 Å². The SMILES string of the molecule is N#Cc1ccsc1NC(=O)CSc1nc2ncc(Cl)cc2[nH]1. The van der Waals surface area contributed by atoms with E-state index in [1.807, 2.05) is 6.07 Å². The normalized spacial score (nSPS) is 10.5. The number of thioether (sulfide) groups is 1. The molecule has 3 heterocycles. The fraction of sp³-hybridized carbons (Fsp3) is 0.0769. The predicted octanol–water partition coefficient (Wildman–Crippen LogP) is 3.28. The van der Waals surface area contributed by atoms with E-state index < -0.39 is 0 Å². The molecule has 0 saturated heterocycles. The van der Waals surface area contributed by atoms with Gasteiger partial charge in [0.15, 0.2) is 10.8 Å². The van der Waals surface area contributed by atoms with Gasteiger partial charge in [-0.25, -0.2) is 9.97 Å². The first-order chi connectivity index (χ1) is 10.7. The van der Waals surface area contributed by atoms with Crippen LogP contribution in [0, 0.1) is 11.3 Å². The first-order valence-electron chi connectivity index (χ1n) is 6.07. The van der Waals surface area contributed by atoms with Crippen molar-refractivity contribution in [2.45, 2.75) is 5.16 Å². The van der Waals surface area contributed by atoms with Gasteiger partial charge in [0.25, 0.3) is 0 Å². The third kappa shape index (κ3) is 3.22. The van der Waals surface area contributed by atoms with E-state index in [0.717, 1.165) is 5.52 Å². The largest absolute Gasteiger partial charge is 0.331 e. The number of hydrogen-bond acceptors (Lipinski definition) is 6. The predicted molar refractivity (Wildman–Crippen MR) is 87.3 cm³/mol. The number of H-pyrrole nitrogens is 1. The zero-order chi connectivity index (χ0) is 15.5. The average Bonchev–Trinajstić information content (AvgIpc) is 3.10. The van der Waals surface area contributed by atoms with Crippen molar-refractivity contribution < 1.29 is 4.79 Å². The quantitative estimate of drug-likeness (QED) is 0.705. The number of imidazole rings is 1. The fourth-order valence-corrected chi connectivity index (χ4v) is 3.30. The Hall–Kier alpha value is -2.08. The summed E-state index contributed by atoms with van der Waals surface area (Å²) >= 11 is 8.43. The second kappa shape index (κ2) is 6.36. The molecule has 3 aromatic rings. The Morgan fingerprint density at radius 3 is 3.27 bits per heavy atom. The van der Waals surface area contributed by atoms with Crippen LogP contribution in [0.1, 0.15) is 5.56 Å². The van der Waals surface area contributed by atoms with E-state index >= 15 is 0 Å². The minimum Gasteiger partial charge on any atom is -0.331 e. The summed E-state index contributed by atoms with van der Waals surface area (Å²) < 4.78 is 0. The molecule has 3 aromatic heterocycles. The highest BCUT2D eigenvalue weighted by Gasteiger charge is 2.11. The topological polar surface area (TPSA) is 94.5 Å². The summed E-state index contributed by atoms with van der Waals surface area (Å²) in [4.78, 5) is 23.3. The lowest BCUT2D eigenvalue weighted by molar-refractivity contribution is -0.113. The zero-order valence-corrected chi connectivity index (χ0v) is 13.3. The molecule has 0 radical (unpaired) electrons. The van der Waals surface area contributed by atoms with Gasteiger partial charge in [-0.2, -0.15) is 5.26 Å². The zero-order valence-electron chi connectivity index (χ0n) is 11.0. The van der Waals surface area contributed by atoms with Gasteiger partial charge in [0.05, 0.1) is 21.9 Å². The number of thiophene rings is 1. The van der Waals surface area contributed by atoms with Crippen LogP contribution in [0.2, 0.25) is 5.02 Å². The molecule has 0 atom stereocenters. The van der Waals surface area contributed by atoms with Gasteiger partial charge in [0, 0.05) is 6.20 Å². The maximum absolute atomic E-state index is 11.9. The van der Waals surface area contributed by atoms with Crippen molar-refractivity contribution in [2.75, 3.05) is 11.1 Å². The lowest BCUT2D eigenvalue weighted by atomic mass is 10.3. The number of halogens is 1. The lowest BCUT2D eigenvalue weighted by Crippen LogP contribution is -2.13. The smallest absolute Gasteiger partial charge is 0.235 e. The van der Waals surface area contributed by atoms with E-state index in [1.165, 1.54) is 29.3 Å². The summed E-state index contributed by atoms with van der Waals surface area (Å²) in [6.07, 6.45) is 1.52. The third-order valence-corrected chi connectivity index (χ3v) is 4.57. The van der Waals surface area contributed by atoms with E-state index in [9.17, 15) is 4.79 Å². The third-order valence-electron chi connectivity index (χ3n) is 2.66. The van der Waals surface area contributed by atoms with Crippen molar-refractivity contribution >= 4 is 56.8 Å². The Labute approximate surface area is 138 Å². The molecule has 9 heteroatoms. The Morgan fingerprint density at radius 2 is 2.45 bits per heavy atom. The second-order valence-corrected chi connectivity index (χ2v) is 6.50. The van der Waals surface area contributed by atoms with Gasteiger partial charge in [0.2, 0.25) is 5.91 Å². The van der Waals surface area contributed by atoms with Gasteiger partial charge in [-0.1, -0.05) is 23.4 Å². The van der Waals surface area contributed by atoms with Crippen molar-refractivity contribution in [1.82, 2.24) is 15.0 Å². The van der Waals surface area contributed by atoms with Gasteiger partial charge in [-0.3, -0.25) is 4.79 Å². The standard InChI is InChI=1S/C13H8ClN5OS2/c14-8-3-9-11(16-5-8)19-13(17-9)22-6-10(20)18-12-7(4-15)1-2-21-12/h1-3,5H,6H2,(H,18,20)(H,16,17,19). The first-order valence-corrected chi connectivity index (χ1v) is 8.31. The molecular formula is C13H8ClN5OS2. The number of nitriles is 1. The number of carbonyl (C=O) groups is 1. The number of pyridine rings is 1. The van der Waals surface area contributed by atoms with Crippen LogP contribution in [-0.4, -0.2) is 26.6 Å². The van der Waals surface area contributed by atoms with Crippen LogP contribution in [0.4, 0.5) is 5.00 Å². The molecule has 1 amide bonds. The number of nitrogens with one attached hydrogen (secondary N) is 2. The first kappa shape index (κ1) is 14.8. The summed E-state index contributed by atoms with van der Waals surface area (Å²) in [6.45, 7) is 0. The van der Waals surface area contributed by atoms with E-state index in [4.69, 9.17) is 16.9 Å². The molecule has 0 saturated carbocycles. The van der Waals surface area contributed by atoms with E-state index in [1.54, 1.807) is 17.5 Å². The molecular weight excluding hydrogens is 342 g/mol. The van der Waals surface area contributed by atoms with Gasteiger partial charge < -0.3 is 10.3 Å². The number of aromatic nitrogens is 3. The van der Waals surface area contributed by atoms with Crippen LogP contribution in [0.15, 0.2) is 28.9 Å². The van der Waals surface area contributed by atoms with E-state index in [2.05, 4.69) is 20.3 Å². The van der Waals surface area contributed by atoms with E-state index in [-0.39, 0.29) is 11.7 Å². The molecule has 0 bridgehead atoms. The van der Waals surface area contributed by atoms with Crippen molar-refractivity contribution in [1.29, 1.82) is 5.26 Å². The van der Waals surface area contributed by atoms with Crippen molar-refractivity contribution in [3.05, 3.63) is 34.3 Å². The maximum atomic E-state index is 11.9. The molecule has 22 heavy (non-hydrogen) atoms. The molecule has 0 aliphatic carbocycles. The van der Waals surface area contributed by atoms with Crippen LogP contribution < -0.4 is 5.32 Å². The second-order valence-electron chi connectivity index (χ2n) is 4.18. The van der Waals surface area contributed by atoms with Gasteiger partial charge in [-0.15, -0.1) is 11.3 Å². The summed E-state index contributed by atoms with van der Waals surface area (Å²) in [5, 5.41) is 15.0. The number of carbonyl (C=O) groups excluding carboxylic acids is 1. The minimum absolute atomic E-state index is 0.177. The number of hydrogen-bond donors (Lipinski definition) is 2. The summed E-state index contributed by atoms with van der Waals surface area (Å²) in [7, 11) is 0. The summed E-state index contributed by atoms with van der Waals surface area (Å²) in [5.74, 6) is -0.0218. The molecule has 110 valence electrons. The van der Waals surface area contributed by atoms with Crippen molar-refractivity contribution in [3.8, 4) is 6.07 Å². The Balaban J connectivity index is 1.64. The van der Waals surface area contributed by atoms with Crippen LogP contribution in [0.25, 0.3) is 11.2 Å². The molecule has 0 aliphatic heterocycles. The van der Waals surface area contributed by atoms with Crippen LogP contribution in [0.3, 0.4) is 0 Å². The van der Waals surface area contributed by atoms with Gasteiger partial charge >= 0.3 is 0 Å². The molecule has 6 nitrogen and oxygen atoms in total. The fourth-order valence-electron chi connectivity index (χ4n) is 1.71. The van der Waals surface area contributed by atoms with Crippen LogP contribution >= 0.6 is 34.7 Å². The van der Waals surface area contributed by atoms with Gasteiger partial charge in [-0.05, 0) is 17.5 Å². The molecule has 0 aliphatic rings. The lowest BCUT2D eigenvalue weighted by Gasteiger charge is -2.01. The molecule has 0 fully saturated rings. The van der Waals surface area contributed by atoms with Crippen LogP contribution in [-0.2, 0) is 4.79 Å². The molecule has 3 rings (SSSR count). The molecule has 0 spiro atoms. The number of nitrogens with zero attached hydrogens (tertiary/aromatic N) is 3. The minimum atomic E-state index is -0.199. The Kier molecular flexibility index (Phi) is 4.29. The van der Waals surface area contributed by atoms with E-state index in [0.29, 0.717) is 26.4 Å². The highest BCUT2D eigenvalue weighted by atomic mass is 35.5. The van der Waals surface area contributed by atoms with Crippen molar-refractivity contribution in [2.24, 2.45) is 0 Å². The molecule has 0 unspecified atom stereocenters. The van der Waals surface area contributed by atoms with Crippen molar-refractivity contribution in [3.63, 3.8) is 0 Å². The Bertz CT molecular complexity index is 882. The summed E-state index contributed by atoms with van der Waals surface area (Å²) in [5.41, 5.74) is 1.74. The number of aromatic amines is 1. The highest BCUT2D eigenvalue weighted by Crippen LogP contribution is 2.24. The highest BCUT2D eigenvalue weighted by molar-refractivity contribution is 7.99. The maximum Gasteiger partial charge on any atom is 0.235 e. The molecule has 2 N–H and O–H groups in total. The van der Waals surface area contributed by atoms with Gasteiger partial charge in [0.1, 0.15) is 11.1 Å². The number of rotatable bonds is 4. The average molecular weight is 350 g/mol. The Morgan fingerprint density at radius 1 is 1.59 bits per heavy atom. The number of amides is 1. The molecule has 0 aromatic carbocycles. The number of fused-ring (bicyclic) bond motifs is 1. The summed E-state index contributed by atoms with van der Waals surface area (Å²) in [6, 6.07) is 5.42.